The smallest absolute Gasteiger partial charge is 0.332 e. The Morgan fingerprint density at radius 3 is 2.53 bits per heavy atom. The molecule has 0 saturated heterocycles. The Labute approximate surface area is 176 Å². The zero-order valence-corrected chi connectivity index (χ0v) is 18.0. The van der Waals surface area contributed by atoms with Gasteiger partial charge < -0.3 is 14.8 Å². The van der Waals surface area contributed by atoms with E-state index in [-0.39, 0.29) is 23.0 Å². The first-order chi connectivity index (χ1) is 14.2. The summed E-state index contributed by atoms with van der Waals surface area (Å²) in [5, 5.41) is 2.79. The van der Waals surface area contributed by atoms with Gasteiger partial charge in [-0.15, -0.1) is 0 Å². The van der Waals surface area contributed by atoms with Crippen LogP contribution in [0.2, 0.25) is 5.28 Å². The highest BCUT2D eigenvalue weighted by Crippen LogP contribution is 2.29. The van der Waals surface area contributed by atoms with Crippen molar-refractivity contribution in [2.75, 3.05) is 14.2 Å². The van der Waals surface area contributed by atoms with Gasteiger partial charge in [-0.3, -0.25) is 23.3 Å². The third-order valence-electron chi connectivity index (χ3n) is 4.88. The van der Waals surface area contributed by atoms with E-state index in [1.165, 1.54) is 30.3 Å². The third kappa shape index (κ3) is 3.65. The number of nitrogens with one attached hydrogen (secondary N) is 1. The molecule has 1 N–H and O–H groups in total. The molecule has 0 fully saturated rings. The van der Waals surface area contributed by atoms with Crippen molar-refractivity contribution < 1.29 is 14.3 Å². The van der Waals surface area contributed by atoms with Gasteiger partial charge in [-0.2, -0.15) is 4.98 Å². The zero-order valence-electron chi connectivity index (χ0n) is 17.2. The molecule has 160 valence electrons. The summed E-state index contributed by atoms with van der Waals surface area (Å²) in [5.74, 6) is 0.822. The first-order valence-electron chi connectivity index (χ1n) is 9.02. The molecule has 0 saturated carbocycles. The Bertz CT molecular complexity index is 1240. The highest BCUT2D eigenvalue weighted by molar-refractivity contribution is 6.29. The lowest BCUT2D eigenvalue weighted by Gasteiger charge is -2.18. The van der Waals surface area contributed by atoms with Gasteiger partial charge in [0.05, 0.1) is 20.3 Å². The van der Waals surface area contributed by atoms with E-state index in [9.17, 15) is 14.4 Å². The van der Waals surface area contributed by atoms with Crippen LogP contribution in [0, 0.1) is 0 Å². The minimum atomic E-state index is -0.581. The molecule has 1 unspecified atom stereocenters. The monoisotopic (exact) mass is 435 g/mol. The maximum absolute atomic E-state index is 12.7. The number of benzene rings is 1. The summed E-state index contributed by atoms with van der Waals surface area (Å²) in [6.07, 6.45) is 0. The van der Waals surface area contributed by atoms with Crippen LogP contribution in [-0.2, 0) is 25.4 Å². The number of hydrogen-bond acceptors (Lipinski definition) is 6. The third-order valence-corrected chi connectivity index (χ3v) is 5.17. The zero-order chi connectivity index (χ0) is 22.2. The van der Waals surface area contributed by atoms with Crippen LogP contribution in [0.3, 0.4) is 0 Å². The van der Waals surface area contributed by atoms with Gasteiger partial charge in [-0.1, -0.05) is 0 Å². The number of fused-ring (bicyclic) bond motifs is 1. The molecule has 0 spiro atoms. The number of methoxy groups -OCH3 is 2. The number of carbonyl (C=O) groups is 1. The number of nitrogens with zero attached hydrogens (tertiary/aromatic N) is 4. The minimum Gasteiger partial charge on any atom is -0.497 e. The number of carbonyl (C=O) groups excluding carboxylic acids is 1. The molecule has 3 rings (SSSR count). The molecule has 0 aliphatic heterocycles. The molecule has 1 amide bonds. The van der Waals surface area contributed by atoms with E-state index in [1.807, 2.05) is 0 Å². The van der Waals surface area contributed by atoms with Crippen molar-refractivity contribution in [1.82, 2.24) is 24.0 Å². The molecule has 10 nitrogen and oxygen atoms in total. The summed E-state index contributed by atoms with van der Waals surface area (Å²) in [6, 6.07) is 4.87. The number of aromatic nitrogens is 4. The van der Waals surface area contributed by atoms with Crippen molar-refractivity contribution in [2.24, 2.45) is 14.1 Å². The Balaban J connectivity index is 1.92. The second-order valence-corrected chi connectivity index (χ2v) is 7.08. The molecule has 0 radical (unpaired) electrons. The predicted octanol–water partition coefficient (Wildman–Crippen LogP) is 0.982. The molecule has 1 aromatic carbocycles. The Hall–Kier alpha value is -3.27. The molecular formula is C19H22ClN5O5. The van der Waals surface area contributed by atoms with E-state index in [0.29, 0.717) is 11.5 Å². The standard InChI is InChI=1S/C19H22ClN5O5/c1-10(12-8-11(29-4)6-7-13(12)30-5)21-14(26)9-25-15-16(22-18(25)20)23(2)19(28)24(3)17(15)27/h6-8,10H,9H2,1-5H3,(H,21,26). The summed E-state index contributed by atoms with van der Waals surface area (Å²) in [4.78, 5) is 41.5. The van der Waals surface area contributed by atoms with Crippen molar-refractivity contribution in [2.45, 2.75) is 19.5 Å². The van der Waals surface area contributed by atoms with E-state index in [4.69, 9.17) is 21.1 Å². The lowest BCUT2D eigenvalue weighted by atomic mass is 10.1. The maximum Gasteiger partial charge on any atom is 0.332 e. The lowest BCUT2D eigenvalue weighted by Crippen LogP contribution is -2.38. The van der Waals surface area contributed by atoms with Crippen molar-refractivity contribution in [3.8, 4) is 11.5 Å². The number of ether oxygens (including phenoxy) is 2. The fourth-order valence-corrected chi connectivity index (χ4v) is 3.47. The van der Waals surface area contributed by atoms with E-state index in [1.54, 1.807) is 32.2 Å². The van der Waals surface area contributed by atoms with E-state index in [0.717, 1.165) is 10.1 Å². The molecule has 11 heteroatoms. The molecule has 2 heterocycles. The van der Waals surface area contributed by atoms with Crippen LogP contribution in [0.15, 0.2) is 27.8 Å². The van der Waals surface area contributed by atoms with Crippen LogP contribution in [0.25, 0.3) is 11.2 Å². The SMILES string of the molecule is COc1ccc(OC)c(C(C)NC(=O)Cn2c(Cl)nc3c2c(=O)n(C)c(=O)n3C)c1. The minimum absolute atomic E-state index is 0.0648. The summed E-state index contributed by atoms with van der Waals surface area (Å²) in [6.45, 7) is 1.55. The summed E-state index contributed by atoms with van der Waals surface area (Å²) >= 11 is 6.17. The molecule has 30 heavy (non-hydrogen) atoms. The van der Waals surface area contributed by atoms with Gasteiger partial charge in [0.15, 0.2) is 11.2 Å². The van der Waals surface area contributed by atoms with Crippen LogP contribution in [0.5, 0.6) is 11.5 Å². The van der Waals surface area contributed by atoms with Gasteiger partial charge in [0, 0.05) is 19.7 Å². The van der Waals surface area contributed by atoms with Gasteiger partial charge in [-0.05, 0) is 36.7 Å². The second kappa shape index (κ2) is 8.23. The number of imidazole rings is 1. The molecular weight excluding hydrogens is 414 g/mol. The first kappa shape index (κ1) is 21.4. The fraction of sp³-hybridized carbons (Fsp3) is 0.368. The van der Waals surface area contributed by atoms with Crippen LogP contribution < -0.4 is 26.0 Å². The number of rotatable bonds is 6. The quantitative estimate of drug-likeness (QED) is 0.578. The highest BCUT2D eigenvalue weighted by atomic mass is 35.5. The Kier molecular flexibility index (Phi) is 5.88. The van der Waals surface area contributed by atoms with Crippen molar-refractivity contribution >= 4 is 28.7 Å². The van der Waals surface area contributed by atoms with Gasteiger partial charge in [0.25, 0.3) is 5.56 Å². The van der Waals surface area contributed by atoms with Gasteiger partial charge in [-0.25, -0.2) is 4.79 Å². The average molecular weight is 436 g/mol. The number of amides is 1. The van der Waals surface area contributed by atoms with E-state index >= 15 is 0 Å². The summed E-state index contributed by atoms with van der Waals surface area (Å²) < 4.78 is 14.0. The van der Waals surface area contributed by atoms with E-state index < -0.39 is 23.2 Å². The fourth-order valence-electron chi connectivity index (χ4n) is 3.25. The second-order valence-electron chi connectivity index (χ2n) is 6.74. The van der Waals surface area contributed by atoms with Gasteiger partial charge in [0.2, 0.25) is 11.2 Å². The first-order valence-corrected chi connectivity index (χ1v) is 9.40. The normalized spacial score (nSPS) is 12.1. The lowest BCUT2D eigenvalue weighted by molar-refractivity contribution is -0.122. The van der Waals surface area contributed by atoms with Crippen molar-refractivity contribution in [3.63, 3.8) is 0 Å². The van der Waals surface area contributed by atoms with Crippen LogP contribution in [0.1, 0.15) is 18.5 Å². The molecule has 3 aromatic rings. The largest absolute Gasteiger partial charge is 0.497 e. The number of aryl methyl sites for hydroxylation is 1. The van der Waals surface area contributed by atoms with Crippen LogP contribution in [0.4, 0.5) is 0 Å². The maximum atomic E-state index is 12.7. The van der Waals surface area contributed by atoms with Gasteiger partial charge in [0.1, 0.15) is 18.0 Å². The topological polar surface area (TPSA) is 109 Å². The average Bonchev–Trinajstić information content (AvgIpc) is 3.06. The Morgan fingerprint density at radius 2 is 1.90 bits per heavy atom. The van der Waals surface area contributed by atoms with E-state index in [2.05, 4.69) is 10.3 Å². The predicted molar refractivity (Wildman–Crippen MR) is 111 cm³/mol. The number of hydrogen-bond donors (Lipinski definition) is 1. The summed E-state index contributed by atoms with van der Waals surface area (Å²) in [7, 11) is 5.92. The molecule has 0 bridgehead atoms. The molecule has 2 aromatic heterocycles. The van der Waals surface area contributed by atoms with Crippen LogP contribution >= 0.6 is 11.6 Å². The molecule has 0 aliphatic carbocycles. The van der Waals surface area contributed by atoms with Crippen molar-refractivity contribution in [1.29, 1.82) is 0 Å². The molecule has 0 aliphatic rings. The van der Waals surface area contributed by atoms with Crippen LogP contribution in [-0.4, -0.2) is 38.8 Å². The Morgan fingerprint density at radius 1 is 1.20 bits per heavy atom. The number of halogens is 1. The summed E-state index contributed by atoms with van der Waals surface area (Å²) in [5.41, 5.74) is -0.195. The van der Waals surface area contributed by atoms with Crippen molar-refractivity contribution in [3.05, 3.63) is 49.9 Å². The highest BCUT2D eigenvalue weighted by Gasteiger charge is 2.21. The molecule has 1 atom stereocenters. The van der Waals surface area contributed by atoms with Gasteiger partial charge >= 0.3 is 5.69 Å².